The number of methoxy groups -OCH3 is 1. The topological polar surface area (TPSA) is 38.3 Å². The van der Waals surface area contributed by atoms with Crippen molar-refractivity contribution >= 4 is 23.2 Å². The third-order valence-electron chi connectivity index (χ3n) is 5.74. The summed E-state index contributed by atoms with van der Waals surface area (Å²) < 4.78 is 5.67. The molecule has 2 aromatic rings. The van der Waals surface area contributed by atoms with Gasteiger partial charge in [0.25, 0.3) is 0 Å². The van der Waals surface area contributed by atoms with Crippen LogP contribution in [0, 0.1) is 5.92 Å². The van der Waals surface area contributed by atoms with Crippen molar-refractivity contribution in [1.82, 2.24) is 0 Å². The smallest absolute Gasteiger partial charge is 0.159 e. The van der Waals surface area contributed by atoms with Gasteiger partial charge in [0, 0.05) is 33.4 Å². The minimum Gasteiger partial charge on any atom is -0.496 e. The van der Waals surface area contributed by atoms with E-state index in [-0.39, 0.29) is 17.2 Å². The summed E-state index contributed by atoms with van der Waals surface area (Å²) in [5.74, 6) is 2.54. The lowest BCUT2D eigenvalue weighted by Gasteiger charge is -2.49. The lowest BCUT2D eigenvalue weighted by molar-refractivity contribution is 0.101. The monoisotopic (exact) mass is 353 g/mol. The van der Waals surface area contributed by atoms with Crippen LogP contribution in [0.2, 0.25) is 0 Å². The Labute approximate surface area is 153 Å². The zero-order chi connectivity index (χ0) is 17.8. The largest absolute Gasteiger partial charge is 0.496 e. The Morgan fingerprint density at radius 1 is 1.28 bits per heavy atom. The lowest BCUT2D eigenvalue weighted by atomic mass is 9.66. The maximum Gasteiger partial charge on any atom is 0.159 e. The number of thioether (sulfide) groups is 1. The molecular weight excluding hydrogens is 330 g/mol. The van der Waals surface area contributed by atoms with E-state index in [0.717, 1.165) is 22.8 Å². The van der Waals surface area contributed by atoms with E-state index in [1.165, 1.54) is 16.0 Å². The van der Waals surface area contributed by atoms with Crippen LogP contribution in [0.3, 0.4) is 0 Å². The summed E-state index contributed by atoms with van der Waals surface area (Å²) in [5, 5.41) is 3.75. The second-order valence-electron chi connectivity index (χ2n) is 7.45. The fourth-order valence-electron chi connectivity index (χ4n) is 4.20. The zero-order valence-electron chi connectivity index (χ0n) is 15.1. The van der Waals surface area contributed by atoms with Crippen LogP contribution in [-0.2, 0) is 5.41 Å². The van der Waals surface area contributed by atoms with Crippen LogP contribution in [0.1, 0.15) is 48.3 Å². The molecule has 0 bridgehead atoms. The molecule has 1 N–H and O–H groups in total. The van der Waals surface area contributed by atoms with Gasteiger partial charge in [0.1, 0.15) is 5.75 Å². The van der Waals surface area contributed by atoms with E-state index in [0.29, 0.717) is 5.92 Å². The van der Waals surface area contributed by atoms with Crippen molar-refractivity contribution in [2.24, 2.45) is 5.92 Å². The average molecular weight is 353 g/mol. The summed E-state index contributed by atoms with van der Waals surface area (Å²) in [6.07, 6.45) is 0. The van der Waals surface area contributed by atoms with Crippen LogP contribution < -0.4 is 10.1 Å². The Hall–Kier alpha value is -1.94. The van der Waals surface area contributed by atoms with Crippen LogP contribution in [-0.4, -0.2) is 18.6 Å². The standard InChI is InChI=1S/C21H23NO2S/c1-12(23)13-8-9-16-14(10-13)21(2,3)15-11-25-18-7-5-6-17(24-4)19(18)20(15)22-16/h5-10,15,20,22H,11H2,1-4H3. The van der Waals surface area contributed by atoms with Gasteiger partial charge < -0.3 is 10.1 Å². The van der Waals surface area contributed by atoms with Crippen LogP contribution in [0.25, 0.3) is 0 Å². The molecule has 0 aromatic heterocycles. The summed E-state index contributed by atoms with van der Waals surface area (Å²) in [6.45, 7) is 6.23. The van der Waals surface area contributed by atoms with E-state index in [4.69, 9.17) is 4.74 Å². The molecule has 2 aromatic carbocycles. The van der Waals surface area contributed by atoms with Gasteiger partial charge in [-0.3, -0.25) is 4.79 Å². The van der Waals surface area contributed by atoms with Gasteiger partial charge in [-0.05, 0) is 48.2 Å². The third kappa shape index (κ3) is 2.46. The lowest BCUT2D eigenvalue weighted by Crippen LogP contribution is -2.44. The van der Waals surface area contributed by atoms with Crippen molar-refractivity contribution < 1.29 is 9.53 Å². The predicted molar refractivity (Wildman–Crippen MR) is 103 cm³/mol. The number of hydrogen-bond donors (Lipinski definition) is 1. The van der Waals surface area contributed by atoms with Crippen LogP contribution >= 0.6 is 11.8 Å². The fourth-order valence-corrected chi connectivity index (χ4v) is 5.72. The van der Waals surface area contributed by atoms with Gasteiger partial charge in [-0.1, -0.05) is 19.9 Å². The first kappa shape index (κ1) is 16.5. The molecule has 2 atom stereocenters. The van der Waals surface area contributed by atoms with E-state index in [1.54, 1.807) is 14.0 Å². The number of fused-ring (bicyclic) bond motifs is 4. The minimum absolute atomic E-state index is 0.0255. The Balaban J connectivity index is 1.87. The van der Waals surface area contributed by atoms with Crippen molar-refractivity contribution in [3.63, 3.8) is 0 Å². The van der Waals surface area contributed by atoms with Gasteiger partial charge in [-0.15, -0.1) is 11.8 Å². The molecule has 0 saturated heterocycles. The van der Waals surface area contributed by atoms with Gasteiger partial charge in [0.2, 0.25) is 0 Å². The molecule has 0 saturated carbocycles. The number of carbonyl (C=O) groups is 1. The maximum atomic E-state index is 11.8. The summed E-state index contributed by atoms with van der Waals surface area (Å²) in [4.78, 5) is 13.1. The van der Waals surface area contributed by atoms with E-state index in [9.17, 15) is 4.79 Å². The molecule has 2 heterocycles. The second kappa shape index (κ2) is 5.80. The van der Waals surface area contributed by atoms with Gasteiger partial charge in [-0.25, -0.2) is 0 Å². The number of ether oxygens (including phenoxy) is 1. The van der Waals surface area contributed by atoms with Crippen molar-refractivity contribution in [2.45, 2.75) is 37.1 Å². The van der Waals surface area contributed by atoms with Crippen molar-refractivity contribution in [1.29, 1.82) is 0 Å². The van der Waals surface area contributed by atoms with Crippen LogP contribution in [0.5, 0.6) is 5.75 Å². The van der Waals surface area contributed by atoms with Gasteiger partial charge in [0.05, 0.1) is 13.2 Å². The molecule has 4 heteroatoms. The Bertz CT molecular complexity index is 845. The molecule has 0 spiro atoms. The minimum atomic E-state index is -0.0255. The molecule has 130 valence electrons. The van der Waals surface area contributed by atoms with Crippen LogP contribution in [0.15, 0.2) is 41.3 Å². The number of benzene rings is 2. The first-order valence-corrected chi connectivity index (χ1v) is 9.63. The molecule has 0 radical (unpaired) electrons. The molecule has 25 heavy (non-hydrogen) atoms. The van der Waals surface area contributed by atoms with Gasteiger partial charge in [0.15, 0.2) is 5.78 Å². The highest BCUT2D eigenvalue weighted by atomic mass is 32.2. The first-order valence-electron chi connectivity index (χ1n) is 8.65. The number of ketones is 1. The normalized spacial score (nSPS) is 22.9. The average Bonchev–Trinajstić information content (AvgIpc) is 2.60. The van der Waals surface area contributed by atoms with Crippen molar-refractivity contribution in [3.8, 4) is 5.75 Å². The highest BCUT2D eigenvalue weighted by Gasteiger charge is 2.46. The Morgan fingerprint density at radius 2 is 2.08 bits per heavy atom. The number of anilines is 1. The molecule has 2 aliphatic heterocycles. The Kier molecular flexibility index (Phi) is 3.84. The molecular formula is C21H23NO2S. The number of hydrogen-bond acceptors (Lipinski definition) is 4. The van der Waals surface area contributed by atoms with Gasteiger partial charge >= 0.3 is 0 Å². The van der Waals surface area contributed by atoms with Crippen molar-refractivity contribution in [2.75, 3.05) is 18.2 Å². The van der Waals surface area contributed by atoms with Crippen molar-refractivity contribution in [3.05, 3.63) is 53.1 Å². The van der Waals surface area contributed by atoms with E-state index >= 15 is 0 Å². The van der Waals surface area contributed by atoms with E-state index in [1.807, 2.05) is 23.9 Å². The predicted octanol–water partition coefficient (Wildman–Crippen LogP) is 5.06. The third-order valence-corrected chi connectivity index (χ3v) is 6.93. The molecule has 2 aliphatic rings. The highest BCUT2D eigenvalue weighted by molar-refractivity contribution is 7.99. The highest BCUT2D eigenvalue weighted by Crippen LogP contribution is 2.55. The number of rotatable bonds is 2. The molecule has 0 aliphatic carbocycles. The summed E-state index contributed by atoms with van der Waals surface area (Å²) in [5.41, 5.74) is 4.39. The summed E-state index contributed by atoms with van der Waals surface area (Å²) in [7, 11) is 1.74. The molecule has 0 amide bonds. The van der Waals surface area contributed by atoms with E-state index in [2.05, 4.69) is 43.4 Å². The number of nitrogens with one attached hydrogen (secondary N) is 1. The number of carbonyl (C=O) groups excluding carboxylic acids is 1. The zero-order valence-corrected chi connectivity index (χ0v) is 15.9. The second-order valence-corrected chi connectivity index (χ2v) is 8.51. The molecule has 4 rings (SSSR count). The quantitative estimate of drug-likeness (QED) is 0.766. The fraction of sp³-hybridized carbons (Fsp3) is 0.381. The molecule has 3 nitrogen and oxygen atoms in total. The number of Topliss-reactive ketones (excluding diaryl/α,β-unsaturated/α-hetero) is 1. The summed E-state index contributed by atoms with van der Waals surface area (Å²) >= 11 is 1.90. The SMILES string of the molecule is COc1cccc2c1C1Nc3ccc(C(C)=O)cc3C(C)(C)C1CS2. The van der Waals surface area contributed by atoms with Crippen LogP contribution in [0.4, 0.5) is 5.69 Å². The van der Waals surface area contributed by atoms with Gasteiger partial charge in [-0.2, -0.15) is 0 Å². The maximum absolute atomic E-state index is 11.8. The molecule has 0 fully saturated rings. The van der Waals surface area contributed by atoms with E-state index < -0.39 is 0 Å². The first-order chi connectivity index (χ1) is 11.9. The summed E-state index contributed by atoms with van der Waals surface area (Å²) in [6, 6.07) is 12.6. The molecule has 2 unspecified atom stereocenters. The Morgan fingerprint density at radius 3 is 2.80 bits per heavy atom.